The van der Waals surface area contributed by atoms with Gasteiger partial charge in [0.25, 0.3) is 5.91 Å². The highest BCUT2D eigenvalue weighted by atomic mass is 16.2. The van der Waals surface area contributed by atoms with Gasteiger partial charge in [0.1, 0.15) is 12.1 Å². The molecule has 0 N–H and O–H groups in total. The van der Waals surface area contributed by atoms with Crippen molar-refractivity contribution in [2.24, 2.45) is 5.92 Å². The van der Waals surface area contributed by atoms with Crippen LogP contribution in [0, 0.1) is 5.92 Å². The monoisotopic (exact) mass is 440 g/mol. The molecule has 7 nitrogen and oxygen atoms in total. The molecule has 1 aromatic rings. The van der Waals surface area contributed by atoms with Gasteiger partial charge in [-0.25, -0.2) is 0 Å². The molecule has 174 valence electrons. The van der Waals surface area contributed by atoms with Gasteiger partial charge in [-0.05, 0) is 50.2 Å². The number of carbonyl (C=O) groups excluding carboxylic acids is 3. The maximum Gasteiger partial charge on any atom is 0.250 e. The van der Waals surface area contributed by atoms with Crippen LogP contribution in [0.2, 0.25) is 0 Å². The van der Waals surface area contributed by atoms with Crippen molar-refractivity contribution in [2.75, 3.05) is 44.3 Å². The third-order valence-electron chi connectivity index (χ3n) is 7.45. The highest BCUT2D eigenvalue weighted by Crippen LogP contribution is 2.39. The number of rotatable bonds is 5. The lowest BCUT2D eigenvalue weighted by Crippen LogP contribution is -2.57. The van der Waals surface area contributed by atoms with Crippen LogP contribution in [0.3, 0.4) is 0 Å². The number of hydrogen-bond donors (Lipinski definition) is 0. The van der Waals surface area contributed by atoms with Crippen LogP contribution >= 0.6 is 0 Å². The average molecular weight is 441 g/mol. The molecule has 0 aromatic heterocycles. The molecule has 0 unspecified atom stereocenters. The van der Waals surface area contributed by atoms with E-state index < -0.39 is 5.54 Å². The van der Waals surface area contributed by atoms with Gasteiger partial charge in [0.05, 0.1) is 6.67 Å². The van der Waals surface area contributed by atoms with E-state index >= 15 is 0 Å². The van der Waals surface area contributed by atoms with Gasteiger partial charge in [-0.1, -0.05) is 32.0 Å². The molecule has 0 radical (unpaired) electrons. The van der Waals surface area contributed by atoms with Gasteiger partial charge < -0.3 is 19.6 Å². The van der Waals surface area contributed by atoms with Gasteiger partial charge in [0.2, 0.25) is 11.8 Å². The van der Waals surface area contributed by atoms with E-state index in [1.165, 1.54) is 0 Å². The Morgan fingerprint density at radius 3 is 2.22 bits per heavy atom. The van der Waals surface area contributed by atoms with Crippen LogP contribution in [0.5, 0.6) is 0 Å². The van der Waals surface area contributed by atoms with Crippen LogP contribution < -0.4 is 4.90 Å². The zero-order valence-corrected chi connectivity index (χ0v) is 19.5. The Morgan fingerprint density at radius 2 is 1.59 bits per heavy atom. The van der Waals surface area contributed by atoms with Crippen molar-refractivity contribution in [3.05, 3.63) is 30.3 Å². The third kappa shape index (κ3) is 4.34. The minimum Gasteiger partial charge on any atom is -0.342 e. The summed E-state index contributed by atoms with van der Waals surface area (Å²) in [5.74, 6) is 0.906. The molecule has 3 aliphatic heterocycles. The molecule has 0 saturated carbocycles. The topological polar surface area (TPSA) is 64.2 Å². The summed E-state index contributed by atoms with van der Waals surface area (Å²) in [6.45, 7) is 7.52. The lowest BCUT2D eigenvalue weighted by atomic mass is 9.85. The molecule has 3 heterocycles. The zero-order chi connectivity index (χ0) is 22.7. The number of hydrogen-bond acceptors (Lipinski definition) is 4. The predicted molar refractivity (Wildman–Crippen MR) is 124 cm³/mol. The molecular formula is C25H36N4O3. The minimum absolute atomic E-state index is 0.0303. The van der Waals surface area contributed by atoms with Gasteiger partial charge in [-0.2, -0.15) is 0 Å². The normalized spacial score (nSPS) is 21.5. The first-order valence-electron chi connectivity index (χ1n) is 12.1. The fraction of sp³-hybridized carbons (Fsp3) is 0.640. The van der Waals surface area contributed by atoms with Crippen molar-refractivity contribution in [3.8, 4) is 0 Å². The predicted octanol–water partition coefficient (Wildman–Crippen LogP) is 2.71. The molecule has 3 aliphatic rings. The molecule has 3 fully saturated rings. The zero-order valence-electron chi connectivity index (χ0n) is 19.5. The summed E-state index contributed by atoms with van der Waals surface area (Å²) in [4.78, 5) is 46.9. The summed E-state index contributed by atoms with van der Waals surface area (Å²) < 4.78 is 0. The molecule has 4 rings (SSSR count). The Bertz CT molecular complexity index is 827. The molecule has 0 atom stereocenters. The van der Waals surface area contributed by atoms with Crippen LogP contribution in [-0.2, 0) is 14.4 Å². The van der Waals surface area contributed by atoms with E-state index in [-0.39, 0.29) is 24.3 Å². The van der Waals surface area contributed by atoms with Crippen LogP contribution in [-0.4, -0.2) is 77.4 Å². The van der Waals surface area contributed by atoms with E-state index in [9.17, 15) is 14.4 Å². The van der Waals surface area contributed by atoms with Crippen LogP contribution in [0.4, 0.5) is 5.69 Å². The SMILES string of the molecule is CCCC(=O)N1CCC2(CC1)C(=O)N(CC(=O)N1CCC(C)CC1)CN2c1ccccc1. The second-order valence-corrected chi connectivity index (χ2v) is 9.63. The Balaban J connectivity index is 1.51. The maximum atomic E-state index is 13.7. The summed E-state index contributed by atoms with van der Waals surface area (Å²) in [6.07, 6.45) is 4.64. The Labute approximate surface area is 191 Å². The summed E-state index contributed by atoms with van der Waals surface area (Å²) in [5, 5.41) is 0. The highest BCUT2D eigenvalue weighted by Gasteiger charge is 2.54. The van der Waals surface area contributed by atoms with Crippen molar-refractivity contribution in [3.63, 3.8) is 0 Å². The number of piperidine rings is 2. The quantitative estimate of drug-likeness (QED) is 0.706. The number of amides is 3. The Kier molecular flexibility index (Phi) is 6.72. The number of benzene rings is 1. The van der Waals surface area contributed by atoms with Gasteiger partial charge in [-0.15, -0.1) is 0 Å². The smallest absolute Gasteiger partial charge is 0.250 e. The molecule has 32 heavy (non-hydrogen) atoms. The first kappa shape index (κ1) is 22.6. The minimum atomic E-state index is -0.680. The Morgan fingerprint density at radius 1 is 0.969 bits per heavy atom. The second-order valence-electron chi connectivity index (χ2n) is 9.63. The van der Waals surface area contributed by atoms with Crippen molar-refractivity contribution in [2.45, 2.75) is 57.9 Å². The van der Waals surface area contributed by atoms with Crippen molar-refractivity contribution in [1.29, 1.82) is 0 Å². The molecule has 0 bridgehead atoms. The van der Waals surface area contributed by atoms with Crippen LogP contribution in [0.1, 0.15) is 52.4 Å². The van der Waals surface area contributed by atoms with E-state index in [0.717, 1.165) is 38.0 Å². The molecule has 1 aromatic carbocycles. The van der Waals surface area contributed by atoms with E-state index in [4.69, 9.17) is 0 Å². The summed E-state index contributed by atoms with van der Waals surface area (Å²) in [6, 6.07) is 9.99. The van der Waals surface area contributed by atoms with Gasteiger partial charge >= 0.3 is 0 Å². The fourth-order valence-electron chi connectivity index (χ4n) is 5.34. The van der Waals surface area contributed by atoms with Gasteiger partial charge in [0, 0.05) is 38.3 Å². The second kappa shape index (κ2) is 9.51. The maximum absolute atomic E-state index is 13.7. The molecule has 0 aliphatic carbocycles. The lowest BCUT2D eigenvalue weighted by molar-refractivity contribution is -0.142. The first-order chi connectivity index (χ1) is 15.4. The standard InChI is InChI=1S/C25H36N4O3/c1-3-7-22(30)27-16-12-25(13-17-27)24(32)28(19-29(25)21-8-5-4-6-9-21)18-23(31)26-14-10-20(2)11-15-26/h4-6,8-9,20H,3,7,10-19H2,1-2H3. The number of nitrogens with zero attached hydrogens (tertiary/aromatic N) is 4. The Hall–Kier alpha value is -2.57. The first-order valence-corrected chi connectivity index (χ1v) is 12.1. The number of likely N-dealkylation sites (tertiary alicyclic amines) is 2. The average Bonchev–Trinajstić information content (AvgIpc) is 3.07. The summed E-state index contributed by atoms with van der Waals surface area (Å²) in [5.41, 5.74) is 0.317. The molecule has 1 spiro atoms. The largest absolute Gasteiger partial charge is 0.342 e. The van der Waals surface area contributed by atoms with E-state index in [0.29, 0.717) is 44.9 Å². The van der Waals surface area contributed by atoms with Crippen LogP contribution in [0.15, 0.2) is 30.3 Å². The third-order valence-corrected chi connectivity index (χ3v) is 7.45. The van der Waals surface area contributed by atoms with E-state index in [1.807, 2.05) is 47.1 Å². The van der Waals surface area contributed by atoms with Crippen molar-refractivity contribution >= 4 is 23.4 Å². The molecule has 3 saturated heterocycles. The number of para-hydroxylation sites is 1. The summed E-state index contributed by atoms with van der Waals surface area (Å²) >= 11 is 0. The lowest BCUT2D eigenvalue weighted by Gasteiger charge is -2.43. The number of anilines is 1. The van der Waals surface area contributed by atoms with Crippen molar-refractivity contribution < 1.29 is 14.4 Å². The highest BCUT2D eigenvalue weighted by molar-refractivity contribution is 5.96. The van der Waals surface area contributed by atoms with Gasteiger partial charge in [-0.3, -0.25) is 14.4 Å². The van der Waals surface area contributed by atoms with E-state index in [1.54, 1.807) is 4.90 Å². The van der Waals surface area contributed by atoms with Crippen molar-refractivity contribution in [1.82, 2.24) is 14.7 Å². The molecular weight excluding hydrogens is 404 g/mol. The number of carbonyl (C=O) groups is 3. The molecule has 7 heteroatoms. The van der Waals surface area contributed by atoms with E-state index in [2.05, 4.69) is 11.8 Å². The fourth-order valence-corrected chi connectivity index (χ4v) is 5.34. The van der Waals surface area contributed by atoms with Crippen LogP contribution in [0.25, 0.3) is 0 Å². The summed E-state index contributed by atoms with van der Waals surface area (Å²) in [7, 11) is 0. The van der Waals surface area contributed by atoms with Gasteiger partial charge in [0.15, 0.2) is 0 Å². The molecule has 3 amide bonds.